The van der Waals surface area contributed by atoms with E-state index < -0.39 is 11.6 Å². The largest absolute Gasteiger partial charge is 0.344 e. The van der Waals surface area contributed by atoms with Gasteiger partial charge in [0.2, 0.25) is 11.8 Å². The zero-order valence-corrected chi connectivity index (χ0v) is 12.4. The molecule has 21 heavy (non-hydrogen) atoms. The monoisotopic (exact) mass is 284 g/mol. The molecule has 0 aromatic heterocycles. The standard InChI is InChI=1S/C17H20N2O2/c1-4-17(2,3)19-11-10-15(20)18-14(16(19)21)12-13-8-6-5-7-9-13/h1,5-9,14H,10-12H2,2-3H3,(H,18,20). The van der Waals surface area contributed by atoms with E-state index in [4.69, 9.17) is 6.42 Å². The molecule has 1 aromatic carbocycles. The highest BCUT2D eigenvalue weighted by Gasteiger charge is 2.36. The zero-order chi connectivity index (χ0) is 15.5. The van der Waals surface area contributed by atoms with Crippen LogP contribution < -0.4 is 5.32 Å². The summed E-state index contributed by atoms with van der Waals surface area (Å²) in [6.45, 7) is 3.99. The molecule has 0 saturated carbocycles. The lowest BCUT2D eigenvalue weighted by Crippen LogP contribution is -2.53. The first-order chi connectivity index (χ1) is 9.94. The number of nitrogens with zero attached hydrogens (tertiary/aromatic N) is 1. The third kappa shape index (κ3) is 3.43. The molecule has 0 radical (unpaired) electrons. The maximum Gasteiger partial charge on any atom is 0.246 e. The average Bonchev–Trinajstić information content (AvgIpc) is 2.60. The van der Waals surface area contributed by atoms with Crippen molar-refractivity contribution in [1.82, 2.24) is 10.2 Å². The molecule has 0 aliphatic carbocycles. The van der Waals surface area contributed by atoms with Crippen LogP contribution in [0.25, 0.3) is 0 Å². The van der Waals surface area contributed by atoms with Gasteiger partial charge in [-0.1, -0.05) is 36.3 Å². The van der Waals surface area contributed by atoms with Gasteiger partial charge < -0.3 is 10.2 Å². The van der Waals surface area contributed by atoms with Crippen LogP contribution in [0.3, 0.4) is 0 Å². The number of hydrogen-bond donors (Lipinski definition) is 1. The van der Waals surface area contributed by atoms with Crippen molar-refractivity contribution >= 4 is 11.8 Å². The molecule has 2 rings (SSSR count). The van der Waals surface area contributed by atoms with E-state index in [2.05, 4.69) is 11.2 Å². The van der Waals surface area contributed by atoms with Crippen LogP contribution in [0.15, 0.2) is 30.3 Å². The summed E-state index contributed by atoms with van der Waals surface area (Å²) in [7, 11) is 0. The Kier molecular flexibility index (Phi) is 4.32. The van der Waals surface area contributed by atoms with Crippen LogP contribution in [0.1, 0.15) is 25.8 Å². The zero-order valence-electron chi connectivity index (χ0n) is 12.4. The molecule has 1 atom stereocenters. The van der Waals surface area contributed by atoms with Crippen molar-refractivity contribution in [2.24, 2.45) is 0 Å². The van der Waals surface area contributed by atoms with E-state index in [9.17, 15) is 9.59 Å². The van der Waals surface area contributed by atoms with Crippen LogP contribution in [0.2, 0.25) is 0 Å². The number of rotatable bonds is 3. The van der Waals surface area contributed by atoms with Crippen molar-refractivity contribution in [3.05, 3.63) is 35.9 Å². The number of benzene rings is 1. The normalized spacial score (nSPS) is 19.7. The molecule has 1 unspecified atom stereocenters. The fourth-order valence-corrected chi connectivity index (χ4v) is 2.46. The topological polar surface area (TPSA) is 49.4 Å². The van der Waals surface area contributed by atoms with Gasteiger partial charge in [-0.25, -0.2) is 0 Å². The summed E-state index contributed by atoms with van der Waals surface area (Å²) in [6.07, 6.45) is 6.29. The van der Waals surface area contributed by atoms with Crippen LogP contribution in [-0.4, -0.2) is 34.8 Å². The van der Waals surface area contributed by atoms with E-state index in [0.29, 0.717) is 13.0 Å². The summed E-state index contributed by atoms with van der Waals surface area (Å²) >= 11 is 0. The number of carbonyl (C=O) groups excluding carboxylic acids is 2. The first-order valence-corrected chi connectivity index (χ1v) is 7.06. The van der Waals surface area contributed by atoms with Gasteiger partial charge in [-0.3, -0.25) is 9.59 Å². The fourth-order valence-electron chi connectivity index (χ4n) is 2.46. The first-order valence-electron chi connectivity index (χ1n) is 7.06. The van der Waals surface area contributed by atoms with Gasteiger partial charge in [0.1, 0.15) is 6.04 Å². The lowest BCUT2D eigenvalue weighted by Gasteiger charge is -2.35. The van der Waals surface area contributed by atoms with Gasteiger partial charge in [0, 0.05) is 19.4 Å². The van der Waals surface area contributed by atoms with E-state index in [1.165, 1.54) is 0 Å². The summed E-state index contributed by atoms with van der Waals surface area (Å²) in [4.78, 5) is 26.2. The van der Waals surface area contributed by atoms with E-state index in [0.717, 1.165) is 5.56 Å². The summed E-state index contributed by atoms with van der Waals surface area (Å²) in [5.41, 5.74) is 0.315. The smallest absolute Gasteiger partial charge is 0.246 e. The molecule has 110 valence electrons. The second-order valence-electron chi connectivity index (χ2n) is 5.75. The number of amides is 2. The summed E-state index contributed by atoms with van der Waals surface area (Å²) in [5.74, 6) is 2.41. The first kappa shape index (κ1) is 15.1. The van der Waals surface area contributed by atoms with Crippen molar-refractivity contribution < 1.29 is 9.59 Å². The number of carbonyl (C=O) groups is 2. The SMILES string of the molecule is C#CC(C)(C)N1CCC(=O)NC(Cc2ccccc2)C1=O. The highest BCUT2D eigenvalue weighted by Crippen LogP contribution is 2.19. The van der Waals surface area contributed by atoms with Gasteiger partial charge in [-0.2, -0.15) is 0 Å². The van der Waals surface area contributed by atoms with Gasteiger partial charge in [0.25, 0.3) is 0 Å². The Labute approximate surface area is 125 Å². The summed E-state index contributed by atoms with van der Waals surface area (Å²) in [6, 6.07) is 9.09. The number of hydrogen-bond acceptors (Lipinski definition) is 2. The molecule has 4 nitrogen and oxygen atoms in total. The molecule has 0 spiro atoms. The van der Waals surface area contributed by atoms with E-state index in [1.807, 2.05) is 44.2 Å². The lowest BCUT2D eigenvalue weighted by molar-refractivity contribution is -0.136. The molecule has 2 amide bonds. The predicted molar refractivity (Wildman–Crippen MR) is 81.3 cm³/mol. The average molecular weight is 284 g/mol. The Morgan fingerprint density at radius 1 is 1.33 bits per heavy atom. The van der Waals surface area contributed by atoms with Gasteiger partial charge in [-0.15, -0.1) is 6.42 Å². The Balaban J connectivity index is 2.24. The van der Waals surface area contributed by atoms with Gasteiger partial charge in [0.05, 0.1) is 5.54 Å². The molecule has 1 fully saturated rings. The molecule has 1 N–H and O–H groups in total. The molecule has 1 aliphatic rings. The third-order valence-corrected chi connectivity index (χ3v) is 3.77. The van der Waals surface area contributed by atoms with Gasteiger partial charge in [-0.05, 0) is 19.4 Å². The second-order valence-corrected chi connectivity index (χ2v) is 5.75. The minimum absolute atomic E-state index is 0.111. The molecule has 1 saturated heterocycles. The van der Waals surface area contributed by atoms with Crippen molar-refractivity contribution in [2.75, 3.05) is 6.54 Å². The minimum atomic E-state index is -0.696. The Morgan fingerprint density at radius 3 is 2.62 bits per heavy atom. The van der Waals surface area contributed by atoms with Crippen molar-refractivity contribution in [3.63, 3.8) is 0 Å². The molecule has 1 aromatic rings. The summed E-state index contributed by atoms with van der Waals surface area (Å²) < 4.78 is 0. The van der Waals surface area contributed by atoms with Crippen LogP contribution in [0, 0.1) is 12.3 Å². The van der Waals surface area contributed by atoms with Crippen molar-refractivity contribution in [1.29, 1.82) is 0 Å². The number of nitrogens with one attached hydrogen (secondary N) is 1. The second kappa shape index (κ2) is 6.01. The highest BCUT2D eigenvalue weighted by atomic mass is 16.2. The predicted octanol–water partition coefficient (Wildman–Crippen LogP) is 1.36. The van der Waals surface area contributed by atoms with Gasteiger partial charge in [0.15, 0.2) is 0 Å². The molecule has 0 bridgehead atoms. The van der Waals surface area contributed by atoms with Crippen molar-refractivity contribution in [2.45, 2.75) is 38.3 Å². The molecule has 1 aliphatic heterocycles. The van der Waals surface area contributed by atoms with Crippen LogP contribution >= 0.6 is 0 Å². The molecule has 1 heterocycles. The van der Waals surface area contributed by atoms with Crippen LogP contribution in [0.4, 0.5) is 0 Å². The molecular weight excluding hydrogens is 264 g/mol. The summed E-state index contributed by atoms with van der Waals surface area (Å²) in [5, 5.41) is 2.80. The minimum Gasteiger partial charge on any atom is -0.344 e. The lowest BCUT2D eigenvalue weighted by atomic mass is 10.00. The van der Waals surface area contributed by atoms with E-state index in [1.54, 1.807) is 4.90 Å². The Bertz CT molecular complexity index is 572. The Hall–Kier alpha value is -2.28. The van der Waals surface area contributed by atoms with E-state index >= 15 is 0 Å². The van der Waals surface area contributed by atoms with Crippen molar-refractivity contribution in [3.8, 4) is 12.3 Å². The number of terminal acetylenes is 1. The highest BCUT2D eigenvalue weighted by molar-refractivity contribution is 5.90. The Morgan fingerprint density at radius 2 is 2.00 bits per heavy atom. The van der Waals surface area contributed by atoms with Gasteiger partial charge >= 0.3 is 0 Å². The maximum absolute atomic E-state index is 12.7. The molecule has 4 heteroatoms. The molecular formula is C17H20N2O2. The van der Waals surface area contributed by atoms with Crippen LogP contribution in [0.5, 0.6) is 0 Å². The fraction of sp³-hybridized carbons (Fsp3) is 0.412. The third-order valence-electron chi connectivity index (χ3n) is 3.77. The van der Waals surface area contributed by atoms with E-state index in [-0.39, 0.29) is 18.2 Å². The quantitative estimate of drug-likeness (QED) is 0.852. The maximum atomic E-state index is 12.7. The van der Waals surface area contributed by atoms with Crippen LogP contribution in [-0.2, 0) is 16.0 Å².